The van der Waals surface area contributed by atoms with Crippen molar-refractivity contribution in [1.82, 2.24) is 10.2 Å². The van der Waals surface area contributed by atoms with Crippen molar-refractivity contribution in [3.63, 3.8) is 0 Å². The molecule has 222 valence electrons. The van der Waals surface area contributed by atoms with Crippen LogP contribution in [0.3, 0.4) is 0 Å². The third kappa shape index (κ3) is 6.10. The fourth-order valence-corrected chi connectivity index (χ4v) is 7.55. The maximum absolute atomic E-state index is 13.2. The largest absolute Gasteiger partial charge is 0.482 e. The average Bonchev–Trinajstić information content (AvgIpc) is 3.47. The van der Waals surface area contributed by atoms with E-state index in [0.717, 1.165) is 18.4 Å². The van der Waals surface area contributed by atoms with Gasteiger partial charge >= 0.3 is 19.3 Å². The quantitative estimate of drug-likeness (QED) is 0.360. The van der Waals surface area contributed by atoms with Crippen LogP contribution >= 0.6 is 0 Å². The number of hydrogen-bond acceptors (Lipinski definition) is 6. The molecule has 0 radical (unpaired) electrons. The second-order valence-electron chi connectivity index (χ2n) is 14.2. The lowest BCUT2D eigenvalue weighted by molar-refractivity contribution is -0.199. The number of terminal acetylenes is 1. The zero-order valence-corrected chi connectivity index (χ0v) is 25.4. The van der Waals surface area contributed by atoms with Crippen molar-refractivity contribution in [3.8, 4) is 12.3 Å². The van der Waals surface area contributed by atoms with Crippen LogP contribution < -0.4 is 5.32 Å². The van der Waals surface area contributed by atoms with Crippen LogP contribution in [0, 0.1) is 35.5 Å². The van der Waals surface area contributed by atoms with Crippen LogP contribution in [0.5, 0.6) is 0 Å². The highest BCUT2D eigenvalue weighted by Crippen LogP contribution is 2.65. The minimum Gasteiger partial charge on any atom is -0.447 e. The summed E-state index contributed by atoms with van der Waals surface area (Å²) < 4.78 is 24.6. The monoisotopic (exact) mass is 564 g/mol. The van der Waals surface area contributed by atoms with Gasteiger partial charge in [-0.1, -0.05) is 44.2 Å². The molecule has 2 saturated heterocycles. The first-order valence-corrected chi connectivity index (χ1v) is 15.0. The second-order valence-corrected chi connectivity index (χ2v) is 14.2. The van der Waals surface area contributed by atoms with Crippen molar-refractivity contribution in [3.05, 3.63) is 35.9 Å². The number of hydrogen-bond donors (Lipinski definition) is 1. The van der Waals surface area contributed by atoms with E-state index in [1.54, 1.807) is 4.90 Å². The zero-order valence-electron chi connectivity index (χ0n) is 25.4. The number of nitrogens with one attached hydrogen (secondary N) is 1. The summed E-state index contributed by atoms with van der Waals surface area (Å²) in [5.74, 6) is 3.45. The zero-order chi connectivity index (χ0) is 29.6. The Balaban J connectivity index is 1.25. The van der Waals surface area contributed by atoms with E-state index in [4.69, 9.17) is 25.2 Å². The van der Waals surface area contributed by atoms with Crippen LogP contribution in [0.25, 0.3) is 0 Å². The molecule has 7 atom stereocenters. The van der Waals surface area contributed by atoms with E-state index in [0.29, 0.717) is 37.6 Å². The molecule has 3 aliphatic carbocycles. The van der Waals surface area contributed by atoms with E-state index in [-0.39, 0.29) is 35.7 Å². The molecule has 2 aliphatic heterocycles. The Bertz CT molecular complexity index is 1160. The summed E-state index contributed by atoms with van der Waals surface area (Å²) in [5, 5.41) is 3.05. The van der Waals surface area contributed by atoms with Crippen LogP contribution in [0.2, 0.25) is 0 Å². The van der Waals surface area contributed by atoms with Gasteiger partial charge in [-0.15, -0.1) is 12.3 Å². The van der Waals surface area contributed by atoms with Crippen molar-refractivity contribution in [2.75, 3.05) is 13.2 Å². The van der Waals surface area contributed by atoms with Crippen LogP contribution in [0.4, 0.5) is 9.59 Å². The average molecular weight is 565 g/mol. The molecular formula is C32H45BN2O6. The smallest absolute Gasteiger partial charge is 0.447 e. The molecule has 9 heteroatoms. The molecule has 41 heavy (non-hydrogen) atoms. The first kappa shape index (κ1) is 29.8. The second kappa shape index (κ2) is 11.2. The first-order chi connectivity index (χ1) is 19.3. The third-order valence-corrected chi connectivity index (χ3v) is 9.84. The Kier molecular flexibility index (Phi) is 8.13. The number of carbonyl (C=O) groups excluding carboxylic acids is 2. The molecule has 1 aromatic carbocycles. The van der Waals surface area contributed by atoms with Crippen molar-refractivity contribution in [2.24, 2.45) is 23.2 Å². The van der Waals surface area contributed by atoms with Gasteiger partial charge < -0.3 is 29.0 Å². The Labute approximate surface area is 245 Å². The van der Waals surface area contributed by atoms with Gasteiger partial charge in [0.05, 0.1) is 23.7 Å². The lowest BCUT2D eigenvalue weighted by Gasteiger charge is -2.64. The molecular weight excluding hydrogens is 519 g/mol. The van der Waals surface area contributed by atoms with Crippen molar-refractivity contribution < 1.29 is 28.4 Å². The summed E-state index contributed by atoms with van der Waals surface area (Å²) in [6.45, 7) is 12.9. The standard InChI is InChI=1S/C32H45BN2O6/c1-8-12-22-15-24(35(19-22)29(37)39-30(2,3)4)20-38-28(36)34-27(16-21-13-10-9-11-14-21)33-40-26-18-23-17-25(31(23,5)6)32(26,7)41-33/h1,9-11,13-14,22-27H,12,15-20H2,2-7H3,(H,34,36)/t22-,23-,24+,25-,26+,27-,32-/m0/s1. The van der Waals surface area contributed by atoms with Gasteiger partial charge in [-0.2, -0.15) is 0 Å². The number of nitrogens with zero attached hydrogens (tertiary/aromatic N) is 1. The maximum Gasteiger partial charge on any atom is 0.482 e. The molecule has 2 bridgehead atoms. The van der Waals surface area contributed by atoms with Gasteiger partial charge in [-0.3, -0.25) is 0 Å². The molecule has 2 amide bonds. The number of ether oxygens (including phenoxy) is 2. The molecule has 0 unspecified atom stereocenters. The fraction of sp³-hybridized carbons (Fsp3) is 0.688. The Morgan fingerprint density at radius 3 is 2.59 bits per heavy atom. The number of benzene rings is 1. The van der Waals surface area contributed by atoms with Crippen molar-refractivity contribution in [2.45, 2.75) is 103 Å². The van der Waals surface area contributed by atoms with E-state index in [2.05, 4.69) is 32.0 Å². The Morgan fingerprint density at radius 2 is 1.93 bits per heavy atom. The van der Waals surface area contributed by atoms with E-state index >= 15 is 0 Å². The van der Waals surface area contributed by atoms with Crippen molar-refractivity contribution >= 4 is 19.3 Å². The highest BCUT2D eigenvalue weighted by atomic mass is 16.7. The number of amides is 2. The molecule has 6 rings (SSSR count). The van der Waals surface area contributed by atoms with Gasteiger partial charge in [0.1, 0.15) is 12.2 Å². The van der Waals surface area contributed by atoms with Crippen LogP contribution in [-0.2, 0) is 25.2 Å². The van der Waals surface area contributed by atoms with Gasteiger partial charge in [-0.05, 0) is 82.1 Å². The number of alkyl carbamates (subject to hydrolysis) is 1. The summed E-state index contributed by atoms with van der Waals surface area (Å²) in [6.07, 6.45) is 8.45. The topological polar surface area (TPSA) is 86.3 Å². The fourth-order valence-electron chi connectivity index (χ4n) is 7.55. The lowest BCUT2D eigenvalue weighted by atomic mass is 9.43. The molecule has 2 heterocycles. The third-order valence-electron chi connectivity index (χ3n) is 9.84. The predicted molar refractivity (Wildman–Crippen MR) is 157 cm³/mol. The number of carbonyl (C=O) groups is 2. The van der Waals surface area contributed by atoms with E-state index in [1.807, 2.05) is 51.1 Å². The summed E-state index contributed by atoms with van der Waals surface area (Å²) >= 11 is 0. The van der Waals surface area contributed by atoms with Crippen molar-refractivity contribution in [1.29, 1.82) is 0 Å². The molecule has 3 saturated carbocycles. The summed E-state index contributed by atoms with van der Waals surface area (Å²) in [4.78, 5) is 27.8. The van der Waals surface area contributed by atoms with Gasteiger partial charge in [-0.25, -0.2) is 9.59 Å². The summed E-state index contributed by atoms with van der Waals surface area (Å²) in [6, 6.07) is 9.70. The maximum atomic E-state index is 13.2. The SMILES string of the molecule is C#CC[C@H]1C[C@H](COC(=O)N[C@@H](Cc2ccccc2)B2O[C@@H]3C[C@@H]4C[C@@H](C4(C)C)[C@]3(C)O2)N(C(=O)OC(C)(C)C)C1. The van der Waals surface area contributed by atoms with Crippen LogP contribution in [0.1, 0.15) is 72.8 Å². The first-order valence-electron chi connectivity index (χ1n) is 15.0. The molecule has 1 aromatic rings. The lowest BCUT2D eigenvalue weighted by Crippen LogP contribution is -2.65. The minimum atomic E-state index is -0.625. The molecule has 5 aliphatic rings. The highest BCUT2D eigenvalue weighted by molar-refractivity contribution is 6.47. The van der Waals surface area contributed by atoms with E-state index < -0.39 is 30.8 Å². The Hall–Kier alpha value is -2.70. The van der Waals surface area contributed by atoms with Gasteiger partial charge in [0.25, 0.3) is 0 Å². The normalized spacial score (nSPS) is 32.4. The summed E-state index contributed by atoms with van der Waals surface area (Å²) in [7, 11) is -0.586. The highest BCUT2D eigenvalue weighted by Gasteiger charge is 2.68. The minimum absolute atomic E-state index is 0.00864. The van der Waals surface area contributed by atoms with E-state index in [9.17, 15) is 9.59 Å². The number of likely N-dealkylation sites (tertiary alicyclic amines) is 1. The van der Waals surface area contributed by atoms with Gasteiger partial charge in [0, 0.05) is 13.0 Å². The van der Waals surface area contributed by atoms with Crippen LogP contribution in [0.15, 0.2) is 30.3 Å². The molecule has 1 N–H and O–H groups in total. The van der Waals surface area contributed by atoms with Gasteiger partial charge in [0.2, 0.25) is 0 Å². The van der Waals surface area contributed by atoms with Gasteiger partial charge in [0.15, 0.2) is 0 Å². The summed E-state index contributed by atoms with van der Waals surface area (Å²) in [5.41, 5.74) is 0.287. The molecule has 0 spiro atoms. The Morgan fingerprint density at radius 1 is 1.20 bits per heavy atom. The molecule has 5 fully saturated rings. The molecule has 0 aromatic heterocycles. The molecule has 8 nitrogen and oxygen atoms in total. The van der Waals surface area contributed by atoms with E-state index in [1.165, 1.54) is 0 Å². The number of rotatable bonds is 7. The predicted octanol–water partition coefficient (Wildman–Crippen LogP) is 5.24. The van der Waals surface area contributed by atoms with Crippen LogP contribution in [-0.4, -0.2) is 66.6 Å².